The van der Waals surface area contributed by atoms with Crippen LogP contribution in [0.2, 0.25) is 0 Å². The fourth-order valence-electron chi connectivity index (χ4n) is 1.39. The molecule has 0 atom stereocenters. The molecule has 0 saturated heterocycles. The van der Waals surface area contributed by atoms with Crippen molar-refractivity contribution < 1.29 is 4.74 Å². The van der Waals surface area contributed by atoms with Gasteiger partial charge >= 0.3 is 0 Å². The maximum absolute atomic E-state index is 5.69. The number of ether oxygens (including phenoxy) is 1. The van der Waals surface area contributed by atoms with Crippen molar-refractivity contribution in [2.45, 2.75) is 0 Å². The van der Waals surface area contributed by atoms with Gasteiger partial charge in [0.2, 0.25) is 0 Å². The largest absolute Gasteiger partial charge is 0.455 e. The van der Waals surface area contributed by atoms with Gasteiger partial charge < -0.3 is 16.2 Å². The van der Waals surface area contributed by atoms with Crippen LogP contribution in [0.3, 0.4) is 0 Å². The first-order valence-electron chi connectivity index (χ1n) is 5.17. The lowest BCUT2D eigenvalue weighted by Crippen LogP contribution is -2.21. The number of rotatable bonds is 3. The standard InChI is InChI=1S/C13H13N3O/c14-13(15)16-11-8-4-5-9-12(11)17-10-6-2-1-3-7-10/h1-9H,(H4,14,15,16). The molecule has 4 heteroatoms. The predicted octanol–water partition coefficient (Wildman–Crippen LogP) is 2.38. The number of nitrogens with two attached hydrogens (primary N) is 2. The van der Waals surface area contributed by atoms with Crippen LogP contribution in [0.4, 0.5) is 5.69 Å². The molecule has 0 amide bonds. The minimum atomic E-state index is 0.00844. The van der Waals surface area contributed by atoms with E-state index in [-0.39, 0.29) is 5.96 Å². The number of guanidine groups is 1. The summed E-state index contributed by atoms with van der Waals surface area (Å²) in [4.78, 5) is 4.00. The molecule has 0 heterocycles. The highest BCUT2D eigenvalue weighted by atomic mass is 16.5. The summed E-state index contributed by atoms with van der Waals surface area (Å²) in [5, 5.41) is 0. The van der Waals surface area contributed by atoms with E-state index in [0.717, 1.165) is 5.75 Å². The third kappa shape index (κ3) is 2.98. The fraction of sp³-hybridized carbons (Fsp3) is 0. The van der Waals surface area contributed by atoms with Crippen molar-refractivity contribution in [3.8, 4) is 11.5 Å². The molecule has 2 rings (SSSR count). The van der Waals surface area contributed by atoms with Crippen LogP contribution < -0.4 is 16.2 Å². The van der Waals surface area contributed by atoms with Gasteiger partial charge in [0, 0.05) is 0 Å². The van der Waals surface area contributed by atoms with E-state index in [1.807, 2.05) is 48.5 Å². The zero-order valence-electron chi connectivity index (χ0n) is 9.21. The smallest absolute Gasteiger partial charge is 0.191 e. The average molecular weight is 227 g/mol. The Hall–Kier alpha value is -2.49. The molecule has 2 aromatic rings. The van der Waals surface area contributed by atoms with E-state index in [9.17, 15) is 0 Å². The number of aliphatic imine (C=N–C) groups is 1. The van der Waals surface area contributed by atoms with Gasteiger partial charge in [-0.05, 0) is 24.3 Å². The maximum atomic E-state index is 5.69. The zero-order chi connectivity index (χ0) is 12.1. The van der Waals surface area contributed by atoms with Crippen LogP contribution in [0.15, 0.2) is 59.6 Å². The van der Waals surface area contributed by atoms with Crippen molar-refractivity contribution >= 4 is 11.6 Å². The quantitative estimate of drug-likeness (QED) is 0.624. The highest BCUT2D eigenvalue weighted by Gasteiger charge is 2.02. The molecule has 0 unspecified atom stereocenters. The molecule has 0 spiro atoms. The molecule has 0 aromatic heterocycles. The molecule has 17 heavy (non-hydrogen) atoms. The average Bonchev–Trinajstić information content (AvgIpc) is 2.32. The summed E-state index contributed by atoms with van der Waals surface area (Å²) in [5.41, 5.74) is 11.3. The van der Waals surface area contributed by atoms with Gasteiger partial charge in [-0.1, -0.05) is 30.3 Å². The Labute approximate surface area is 99.5 Å². The molecule has 86 valence electrons. The zero-order valence-corrected chi connectivity index (χ0v) is 9.21. The first-order chi connectivity index (χ1) is 8.25. The van der Waals surface area contributed by atoms with E-state index in [4.69, 9.17) is 16.2 Å². The van der Waals surface area contributed by atoms with Crippen molar-refractivity contribution in [3.63, 3.8) is 0 Å². The van der Waals surface area contributed by atoms with Crippen LogP contribution in [0, 0.1) is 0 Å². The van der Waals surface area contributed by atoms with Crippen LogP contribution in [0.5, 0.6) is 11.5 Å². The Morgan fingerprint density at radius 2 is 1.53 bits per heavy atom. The molecule has 0 fully saturated rings. The van der Waals surface area contributed by atoms with Crippen molar-refractivity contribution in [3.05, 3.63) is 54.6 Å². The molecule has 2 aromatic carbocycles. The van der Waals surface area contributed by atoms with Crippen LogP contribution in [0.25, 0.3) is 0 Å². The maximum Gasteiger partial charge on any atom is 0.191 e. The summed E-state index contributed by atoms with van der Waals surface area (Å²) in [5.74, 6) is 1.37. The van der Waals surface area contributed by atoms with Crippen LogP contribution in [-0.4, -0.2) is 5.96 Å². The minimum Gasteiger partial charge on any atom is -0.455 e. The van der Waals surface area contributed by atoms with Crippen molar-refractivity contribution in [2.75, 3.05) is 0 Å². The molecule has 0 saturated carbocycles. The van der Waals surface area contributed by atoms with Crippen LogP contribution in [-0.2, 0) is 0 Å². The number of para-hydroxylation sites is 3. The number of benzene rings is 2. The first kappa shape index (κ1) is 11.0. The molecule has 0 aliphatic carbocycles. The van der Waals surface area contributed by atoms with Gasteiger partial charge in [-0.15, -0.1) is 0 Å². The molecule has 0 aliphatic rings. The van der Waals surface area contributed by atoms with E-state index in [2.05, 4.69) is 4.99 Å². The molecule has 0 radical (unpaired) electrons. The summed E-state index contributed by atoms with van der Waals surface area (Å²) < 4.78 is 5.69. The Morgan fingerprint density at radius 1 is 0.882 bits per heavy atom. The van der Waals surface area contributed by atoms with Gasteiger partial charge in [-0.25, -0.2) is 4.99 Å². The number of nitrogens with zero attached hydrogens (tertiary/aromatic N) is 1. The monoisotopic (exact) mass is 227 g/mol. The minimum absolute atomic E-state index is 0.00844. The van der Waals surface area contributed by atoms with Crippen LogP contribution in [0.1, 0.15) is 0 Å². The summed E-state index contributed by atoms with van der Waals surface area (Å²) in [7, 11) is 0. The summed E-state index contributed by atoms with van der Waals surface area (Å²) in [6, 6.07) is 16.8. The van der Waals surface area contributed by atoms with Gasteiger partial charge in [-0.2, -0.15) is 0 Å². The second-order valence-corrected chi connectivity index (χ2v) is 3.42. The molecule has 0 aliphatic heterocycles. The molecule has 0 bridgehead atoms. The molecular weight excluding hydrogens is 214 g/mol. The highest BCUT2D eigenvalue weighted by molar-refractivity contribution is 5.80. The lowest BCUT2D eigenvalue weighted by molar-refractivity contribution is 0.484. The van der Waals surface area contributed by atoms with E-state index >= 15 is 0 Å². The summed E-state index contributed by atoms with van der Waals surface area (Å²) >= 11 is 0. The molecule has 4 N–H and O–H groups in total. The van der Waals surface area contributed by atoms with E-state index < -0.39 is 0 Å². The topological polar surface area (TPSA) is 73.6 Å². The van der Waals surface area contributed by atoms with Gasteiger partial charge in [0.1, 0.15) is 11.4 Å². The SMILES string of the molecule is NC(N)=Nc1ccccc1Oc1ccccc1. The Kier molecular flexibility index (Phi) is 3.25. The van der Waals surface area contributed by atoms with E-state index in [1.54, 1.807) is 6.07 Å². The normalized spacial score (nSPS) is 9.65. The van der Waals surface area contributed by atoms with Crippen molar-refractivity contribution in [2.24, 2.45) is 16.5 Å². The lowest BCUT2D eigenvalue weighted by Gasteiger charge is -2.07. The predicted molar refractivity (Wildman–Crippen MR) is 68.4 cm³/mol. The fourth-order valence-corrected chi connectivity index (χ4v) is 1.39. The second-order valence-electron chi connectivity index (χ2n) is 3.42. The van der Waals surface area contributed by atoms with Gasteiger partial charge in [0.25, 0.3) is 0 Å². The lowest BCUT2D eigenvalue weighted by atomic mass is 10.3. The number of hydrogen-bond donors (Lipinski definition) is 2. The highest BCUT2D eigenvalue weighted by Crippen LogP contribution is 2.30. The van der Waals surface area contributed by atoms with Crippen molar-refractivity contribution in [1.82, 2.24) is 0 Å². The Morgan fingerprint density at radius 3 is 2.24 bits per heavy atom. The van der Waals surface area contributed by atoms with Gasteiger partial charge in [0.05, 0.1) is 0 Å². The molecule has 4 nitrogen and oxygen atoms in total. The third-order valence-corrected chi connectivity index (χ3v) is 2.09. The second kappa shape index (κ2) is 5.03. The van der Waals surface area contributed by atoms with Gasteiger partial charge in [0.15, 0.2) is 11.7 Å². The first-order valence-corrected chi connectivity index (χ1v) is 5.17. The summed E-state index contributed by atoms with van der Waals surface area (Å²) in [6.45, 7) is 0. The Balaban J connectivity index is 2.30. The Bertz CT molecular complexity index is 519. The third-order valence-electron chi connectivity index (χ3n) is 2.09. The number of hydrogen-bond acceptors (Lipinski definition) is 2. The summed E-state index contributed by atoms with van der Waals surface area (Å²) in [6.07, 6.45) is 0. The van der Waals surface area contributed by atoms with Crippen LogP contribution >= 0.6 is 0 Å². The van der Waals surface area contributed by atoms with E-state index in [1.165, 1.54) is 0 Å². The molecular formula is C13H13N3O. The van der Waals surface area contributed by atoms with Crippen molar-refractivity contribution in [1.29, 1.82) is 0 Å². The van der Waals surface area contributed by atoms with Gasteiger partial charge in [-0.3, -0.25) is 0 Å². The van der Waals surface area contributed by atoms with E-state index in [0.29, 0.717) is 11.4 Å².